The fraction of sp³-hybridized carbons (Fsp3) is 0.438. The number of carbonyl (C=O) groups is 3. The molecular weight excluding hydrogens is 268 g/mol. The van der Waals surface area contributed by atoms with Crippen molar-refractivity contribution < 1.29 is 14.4 Å². The SMILES string of the molecule is CC(=O)C1(c2ccccc2)CCN(C(=O)CC(N)=O)CC1. The molecule has 1 aromatic rings. The molecule has 1 aliphatic rings. The van der Waals surface area contributed by atoms with Gasteiger partial charge in [0, 0.05) is 13.1 Å². The lowest BCUT2D eigenvalue weighted by Crippen LogP contribution is -2.49. The number of amides is 2. The molecule has 5 nitrogen and oxygen atoms in total. The first kappa shape index (κ1) is 15.2. The van der Waals surface area contributed by atoms with Crippen molar-refractivity contribution in [2.24, 2.45) is 5.73 Å². The summed E-state index contributed by atoms with van der Waals surface area (Å²) in [6.07, 6.45) is 0.895. The molecule has 0 saturated carbocycles. The predicted molar refractivity (Wildman–Crippen MR) is 78.4 cm³/mol. The van der Waals surface area contributed by atoms with E-state index in [2.05, 4.69) is 0 Å². The lowest BCUT2D eigenvalue weighted by atomic mass is 9.70. The molecule has 5 heteroatoms. The first-order valence-corrected chi connectivity index (χ1v) is 7.08. The van der Waals surface area contributed by atoms with Gasteiger partial charge in [-0.1, -0.05) is 30.3 Å². The van der Waals surface area contributed by atoms with Crippen molar-refractivity contribution in [2.75, 3.05) is 13.1 Å². The second-order valence-corrected chi connectivity index (χ2v) is 5.53. The molecule has 1 aliphatic heterocycles. The number of primary amides is 1. The fourth-order valence-corrected chi connectivity index (χ4v) is 3.00. The summed E-state index contributed by atoms with van der Waals surface area (Å²) < 4.78 is 0. The first-order valence-electron chi connectivity index (χ1n) is 7.08. The van der Waals surface area contributed by atoms with Gasteiger partial charge in [0.15, 0.2) is 0 Å². The molecule has 112 valence electrons. The Labute approximate surface area is 124 Å². The van der Waals surface area contributed by atoms with Crippen LogP contribution in [0.25, 0.3) is 0 Å². The summed E-state index contributed by atoms with van der Waals surface area (Å²) in [7, 11) is 0. The highest BCUT2D eigenvalue weighted by molar-refractivity contribution is 5.96. The van der Waals surface area contributed by atoms with Crippen LogP contribution in [0.15, 0.2) is 30.3 Å². The van der Waals surface area contributed by atoms with E-state index in [1.54, 1.807) is 11.8 Å². The minimum absolute atomic E-state index is 0.121. The van der Waals surface area contributed by atoms with Crippen molar-refractivity contribution in [2.45, 2.75) is 31.6 Å². The van der Waals surface area contributed by atoms with Gasteiger partial charge >= 0.3 is 0 Å². The van der Waals surface area contributed by atoms with Gasteiger partial charge in [-0.15, -0.1) is 0 Å². The number of piperidine rings is 1. The normalized spacial score (nSPS) is 17.3. The maximum Gasteiger partial charge on any atom is 0.231 e. The molecule has 1 saturated heterocycles. The molecule has 1 aromatic carbocycles. The second-order valence-electron chi connectivity index (χ2n) is 5.53. The molecule has 0 spiro atoms. The van der Waals surface area contributed by atoms with E-state index in [4.69, 9.17) is 5.73 Å². The topological polar surface area (TPSA) is 80.5 Å². The Morgan fingerprint density at radius 2 is 1.71 bits per heavy atom. The lowest BCUT2D eigenvalue weighted by molar-refractivity contribution is -0.138. The molecule has 2 rings (SSSR count). The summed E-state index contributed by atoms with van der Waals surface area (Å²) >= 11 is 0. The molecule has 2 amide bonds. The summed E-state index contributed by atoms with van der Waals surface area (Å²) in [5, 5.41) is 0. The maximum atomic E-state index is 12.2. The predicted octanol–water partition coefficient (Wildman–Crippen LogP) is 1.01. The molecule has 0 atom stereocenters. The second kappa shape index (κ2) is 6.08. The molecule has 21 heavy (non-hydrogen) atoms. The minimum atomic E-state index is -0.619. The Morgan fingerprint density at radius 3 is 2.19 bits per heavy atom. The smallest absolute Gasteiger partial charge is 0.231 e. The van der Waals surface area contributed by atoms with E-state index in [9.17, 15) is 14.4 Å². The number of hydrogen-bond donors (Lipinski definition) is 1. The van der Waals surface area contributed by atoms with Gasteiger partial charge in [0.2, 0.25) is 11.8 Å². The summed E-state index contributed by atoms with van der Waals surface area (Å²) in [5.41, 5.74) is 5.53. The molecule has 0 bridgehead atoms. The zero-order valence-electron chi connectivity index (χ0n) is 12.2. The highest BCUT2D eigenvalue weighted by Gasteiger charge is 2.41. The van der Waals surface area contributed by atoms with Crippen LogP contribution >= 0.6 is 0 Å². The van der Waals surface area contributed by atoms with Crippen LogP contribution in [0.2, 0.25) is 0 Å². The van der Waals surface area contributed by atoms with Crippen LogP contribution in [0.5, 0.6) is 0 Å². The molecule has 2 N–H and O–H groups in total. The number of benzene rings is 1. The third kappa shape index (κ3) is 3.12. The van der Waals surface area contributed by atoms with Gasteiger partial charge in [0.25, 0.3) is 0 Å². The summed E-state index contributed by atoms with van der Waals surface area (Å²) in [6, 6.07) is 9.68. The average Bonchev–Trinajstić information content (AvgIpc) is 2.47. The van der Waals surface area contributed by atoms with E-state index >= 15 is 0 Å². The highest BCUT2D eigenvalue weighted by Crippen LogP contribution is 2.36. The molecular formula is C16H20N2O3. The van der Waals surface area contributed by atoms with Crippen molar-refractivity contribution in [1.82, 2.24) is 4.90 Å². The third-order valence-electron chi connectivity index (χ3n) is 4.30. The number of hydrogen-bond acceptors (Lipinski definition) is 3. The zero-order valence-corrected chi connectivity index (χ0v) is 12.2. The van der Waals surface area contributed by atoms with Crippen LogP contribution in [0.3, 0.4) is 0 Å². The van der Waals surface area contributed by atoms with Gasteiger partial charge in [0.1, 0.15) is 12.2 Å². The van der Waals surface area contributed by atoms with Crippen LogP contribution in [-0.4, -0.2) is 35.6 Å². The summed E-state index contributed by atoms with van der Waals surface area (Å²) in [5.74, 6) is -0.755. The van der Waals surface area contributed by atoms with Crippen molar-refractivity contribution in [1.29, 1.82) is 0 Å². The van der Waals surface area contributed by atoms with Crippen LogP contribution in [-0.2, 0) is 19.8 Å². The minimum Gasteiger partial charge on any atom is -0.369 e. The highest BCUT2D eigenvalue weighted by atomic mass is 16.2. The lowest BCUT2D eigenvalue weighted by Gasteiger charge is -2.40. The molecule has 0 radical (unpaired) electrons. The van der Waals surface area contributed by atoms with Crippen LogP contribution < -0.4 is 5.73 Å². The van der Waals surface area contributed by atoms with Crippen LogP contribution in [0, 0.1) is 0 Å². The first-order chi connectivity index (χ1) is 9.95. The van der Waals surface area contributed by atoms with Crippen LogP contribution in [0.4, 0.5) is 0 Å². The quantitative estimate of drug-likeness (QED) is 0.840. The van der Waals surface area contributed by atoms with Crippen molar-refractivity contribution >= 4 is 17.6 Å². The Kier molecular flexibility index (Phi) is 4.40. The van der Waals surface area contributed by atoms with Gasteiger partial charge < -0.3 is 10.6 Å². The van der Waals surface area contributed by atoms with E-state index in [1.165, 1.54) is 0 Å². The van der Waals surface area contributed by atoms with Gasteiger partial charge in [-0.05, 0) is 25.3 Å². The fourth-order valence-electron chi connectivity index (χ4n) is 3.00. The van der Waals surface area contributed by atoms with E-state index in [-0.39, 0.29) is 18.1 Å². The summed E-state index contributed by atoms with van der Waals surface area (Å²) in [6.45, 7) is 2.55. The molecule has 0 unspecified atom stereocenters. The summed E-state index contributed by atoms with van der Waals surface area (Å²) in [4.78, 5) is 36.5. The average molecular weight is 288 g/mol. The van der Waals surface area contributed by atoms with Crippen molar-refractivity contribution in [3.63, 3.8) is 0 Å². The largest absolute Gasteiger partial charge is 0.369 e. The maximum absolute atomic E-state index is 12.2. The number of Topliss-reactive ketones (excluding diaryl/α,β-unsaturated/α-hetero) is 1. The van der Waals surface area contributed by atoms with Crippen molar-refractivity contribution in [3.8, 4) is 0 Å². The van der Waals surface area contributed by atoms with E-state index in [1.807, 2.05) is 30.3 Å². The van der Waals surface area contributed by atoms with Gasteiger partial charge in [0.05, 0.1) is 5.41 Å². The van der Waals surface area contributed by atoms with Gasteiger partial charge in [-0.2, -0.15) is 0 Å². The Morgan fingerprint density at radius 1 is 1.14 bits per heavy atom. The Bertz CT molecular complexity index is 546. The van der Waals surface area contributed by atoms with E-state index in [0.29, 0.717) is 25.9 Å². The van der Waals surface area contributed by atoms with Gasteiger partial charge in [-0.25, -0.2) is 0 Å². The Hall–Kier alpha value is -2.17. The number of nitrogens with zero attached hydrogens (tertiary/aromatic N) is 1. The van der Waals surface area contributed by atoms with Crippen LogP contribution in [0.1, 0.15) is 31.7 Å². The monoisotopic (exact) mass is 288 g/mol. The third-order valence-corrected chi connectivity index (χ3v) is 4.30. The molecule has 1 heterocycles. The van der Waals surface area contributed by atoms with Crippen molar-refractivity contribution in [3.05, 3.63) is 35.9 Å². The standard InChI is InChI=1S/C16H20N2O3/c1-12(19)16(13-5-3-2-4-6-13)7-9-18(10-8-16)15(21)11-14(17)20/h2-6H,7-11H2,1H3,(H2,17,20). The van der Waals surface area contributed by atoms with Gasteiger partial charge in [-0.3, -0.25) is 14.4 Å². The van der Waals surface area contributed by atoms with E-state index in [0.717, 1.165) is 5.56 Å². The molecule has 1 fully saturated rings. The number of carbonyl (C=O) groups excluding carboxylic acids is 3. The molecule has 0 aliphatic carbocycles. The number of nitrogens with two attached hydrogens (primary N) is 1. The number of likely N-dealkylation sites (tertiary alicyclic amines) is 1. The van der Waals surface area contributed by atoms with E-state index < -0.39 is 11.3 Å². The Balaban J connectivity index is 2.14. The molecule has 0 aromatic heterocycles. The number of ketones is 1. The number of rotatable bonds is 4. The zero-order chi connectivity index (χ0) is 15.5.